The minimum atomic E-state index is -0.964. The van der Waals surface area contributed by atoms with Crippen molar-refractivity contribution in [1.29, 1.82) is 0 Å². The molecule has 2 heterocycles. The van der Waals surface area contributed by atoms with Gasteiger partial charge in [-0.05, 0) is 12.8 Å². The van der Waals surface area contributed by atoms with E-state index < -0.39 is 5.97 Å². The summed E-state index contributed by atoms with van der Waals surface area (Å²) in [4.78, 5) is 15.3. The van der Waals surface area contributed by atoms with Crippen molar-refractivity contribution in [3.05, 3.63) is 16.1 Å². The summed E-state index contributed by atoms with van der Waals surface area (Å²) in [5.74, 6) is -0.964. The number of ether oxygens (including phenoxy) is 1. The quantitative estimate of drug-likeness (QED) is 0.787. The van der Waals surface area contributed by atoms with Gasteiger partial charge in [0.15, 0.2) is 0 Å². The summed E-state index contributed by atoms with van der Waals surface area (Å²) >= 11 is 1.20. The van der Waals surface area contributed by atoms with Crippen LogP contribution in [0.4, 0.5) is 0 Å². The van der Waals surface area contributed by atoms with Crippen LogP contribution in [0.5, 0.6) is 0 Å². The summed E-state index contributed by atoms with van der Waals surface area (Å²) in [5, 5.41) is 8.79. The fraction of sp³-hybridized carbons (Fsp3) is 0.500. The van der Waals surface area contributed by atoms with Crippen molar-refractivity contribution >= 4 is 17.3 Å². The Balaban J connectivity index is 2.16. The van der Waals surface area contributed by atoms with Gasteiger partial charge in [-0.1, -0.05) is 0 Å². The van der Waals surface area contributed by atoms with Crippen molar-refractivity contribution in [2.45, 2.75) is 18.9 Å². The Hall–Kier alpha value is -0.940. The van der Waals surface area contributed by atoms with Crippen molar-refractivity contribution in [2.24, 2.45) is 0 Å². The summed E-state index contributed by atoms with van der Waals surface area (Å²) in [6.45, 7) is 0.769. The lowest BCUT2D eigenvalue weighted by molar-refractivity contribution is 0.0696. The third-order valence-electron chi connectivity index (χ3n) is 1.95. The van der Waals surface area contributed by atoms with Gasteiger partial charge < -0.3 is 9.84 Å². The third kappa shape index (κ3) is 1.71. The second-order valence-corrected chi connectivity index (χ2v) is 3.94. The predicted octanol–water partition coefficient (Wildman–Crippen LogP) is 1.69. The maximum atomic E-state index is 10.5. The van der Waals surface area contributed by atoms with Crippen molar-refractivity contribution in [3.63, 3.8) is 0 Å². The van der Waals surface area contributed by atoms with Crippen LogP contribution >= 0.6 is 11.3 Å². The monoisotopic (exact) mass is 199 g/mol. The summed E-state index contributed by atoms with van der Waals surface area (Å²) in [7, 11) is 0. The number of aromatic nitrogens is 1. The minimum absolute atomic E-state index is 0.0746. The molecule has 1 atom stereocenters. The van der Waals surface area contributed by atoms with Gasteiger partial charge in [0.05, 0.1) is 11.0 Å². The smallest absolute Gasteiger partial charge is 0.365 e. The predicted molar refractivity (Wildman–Crippen MR) is 47.0 cm³/mol. The Bertz CT molecular complexity index is 317. The molecule has 2 rings (SSSR count). The van der Waals surface area contributed by atoms with Crippen LogP contribution < -0.4 is 0 Å². The number of carboxylic acids is 1. The van der Waals surface area contributed by atoms with Crippen LogP contribution in [0, 0.1) is 0 Å². The van der Waals surface area contributed by atoms with Crippen LogP contribution in [0.3, 0.4) is 0 Å². The molecule has 1 aliphatic heterocycles. The van der Waals surface area contributed by atoms with Crippen molar-refractivity contribution < 1.29 is 14.6 Å². The molecule has 0 bridgehead atoms. The summed E-state index contributed by atoms with van der Waals surface area (Å²) in [6.07, 6.45) is 3.70. The molecular formula is C8H9NO3S. The Morgan fingerprint density at radius 2 is 2.62 bits per heavy atom. The maximum absolute atomic E-state index is 10.5. The second kappa shape index (κ2) is 3.43. The molecule has 1 N–H and O–H groups in total. The number of carbonyl (C=O) groups is 1. The highest BCUT2D eigenvalue weighted by molar-refractivity contribution is 7.13. The van der Waals surface area contributed by atoms with Crippen molar-refractivity contribution in [3.8, 4) is 0 Å². The van der Waals surface area contributed by atoms with Gasteiger partial charge in [0.1, 0.15) is 0 Å². The van der Waals surface area contributed by atoms with E-state index in [2.05, 4.69) is 4.98 Å². The molecule has 1 aromatic rings. The molecule has 0 saturated carbocycles. The number of thiazole rings is 1. The van der Waals surface area contributed by atoms with Crippen molar-refractivity contribution in [2.75, 3.05) is 6.61 Å². The van der Waals surface area contributed by atoms with Crippen LogP contribution in [0.15, 0.2) is 6.20 Å². The lowest BCUT2D eigenvalue weighted by Gasteiger charge is -2.03. The molecule has 0 amide bonds. The highest BCUT2D eigenvalue weighted by Crippen LogP contribution is 2.31. The van der Waals surface area contributed by atoms with Crippen LogP contribution in [0.2, 0.25) is 0 Å². The number of rotatable bonds is 2. The van der Waals surface area contributed by atoms with Gasteiger partial charge in [0.25, 0.3) is 0 Å². The third-order valence-corrected chi connectivity index (χ3v) is 3.03. The molecule has 0 aromatic carbocycles. The van der Waals surface area contributed by atoms with E-state index in [0.717, 1.165) is 24.3 Å². The highest BCUT2D eigenvalue weighted by atomic mass is 32.1. The Labute approximate surface area is 79.2 Å². The van der Waals surface area contributed by atoms with Crippen LogP contribution in [0.1, 0.15) is 33.6 Å². The molecule has 1 unspecified atom stereocenters. The van der Waals surface area contributed by atoms with Crippen LogP contribution in [-0.4, -0.2) is 22.7 Å². The average Bonchev–Trinajstić information content (AvgIpc) is 2.75. The number of hydrogen-bond donors (Lipinski definition) is 1. The Morgan fingerprint density at radius 3 is 3.15 bits per heavy atom. The molecule has 5 heteroatoms. The molecule has 1 fully saturated rings. The first-order valence-corrected chi connectivity index (χ1v) is 4.89. The van der Waals surface area contributed by atoms with E-state index in [-0.39, 0.29) is 11.1 Å². The average molecular weight is 199 g/mol. The molecule has 0 radical (unpaired) electrons. The van der Waals surface area contributed by atoms with E-state index in [1.807, 2.05) is 0 Å². The van der Waals surface area contributed by atoms with Gasteiger partial charge in [-0.15, -0.1) is 11.3 Å². The van der Waals surface area contributed by atoms with Crippen molar-refractivity contribution in [1.82, 2.24) is 4.98 Å². The van der Waals surface area contributed by atoms with E-state index >= 15 is 0 Å². The maximum Gasteiger partial charge on any atom is 0.365 e. The normalized spacial score (nSPS) is 22.0. The van der Waals surface area contributed by atoms with Gasteiger partial charge in [-0.25, -0.2) is 9.78 Å². The zero-order chi connectivity index (χ0) is 9.26. The zero-order valence-corrected chi connectivity index (χ0v) is 7.71. The largest absolute Gasteiger partial charge is 0.476 e. The standard InChI is InChI=1S/C8H9NO3S/c10-8(11)7-9-4-6(13-7)5-2-1-3-12-5/h4-5H,1-3H2,(H,10,11). The first-order valence-electron chi connectivity index (χ1n) is 4.08. The van der Waals surface area contributed by atoms with Gasteiger partial charge >= 0.3 is 5.97 Å². The molecule has 1 saturated heterocycles. The van der Waals surface area contributed by atoms with E-state index in [4.69, 9.17) is 9.84 Å². The number of carboxylic acid groups (broad SMARTS) is 1. The first kappa shape index (κ1) is 8.65. The van der Waals surface area contributed by atoms with Crippen LogP contribution in [0.25, 0.3) is 0 Å². The van der Waals surface area contributed by atoms with Crippen LogP contribution in [-0.2, 0) is 4.74 Å². The summed E-state index contributed by atoms with van der Waals surface area (Å²) in [5.41, 5.74) is 0. The first-order chi connectivity index (χ1) is 6.27. The van der Waals surface area contributed by atoms with Gasteiger partial charge in [-0.3, -0.25) is 0 Å². The fourth-order valence-electron chi connectivity index (χ4n) is 1.34. The van der Waals surface area contributed by atoms with E-state index in [9.17, 15) is 4.79 Å². The van der Waals surface area contributed by atoms with Gasteiger partial charge in [0, 0.05) is 12.8 Å². The highest BCUT2D eigenvalue weighted by Gasteiger charge is 2.21. The minimum Gasteiger partial charge on any atom is -0.476 e. The molecule has 70 valence electrons. The van der Waals surface area contributed by atoms with E-state index in [1.54, 1.807) is 6.20 Å². The van der Waals surface area contributed by atoms with E-state index in [0.29, 0.717) is 0 Å². The molecule has 4 nitrogen and oxygen atoms in total. The lowest BCUT2D eigenvalue weighted by atomic mass is 10.2. The summed E-state index contributed by atoms with van der Waals surface area (Å²) < 4.78 is 5.41. The molecule has 13 heavy (non-hydrogen) atoms. The second-order valence-electron chi connectivity index (χ2n) is 2.87. The topological polar surface area (TPSA) is 59.4 Å². The fourth-order valence-corrected chi connectivity index (χ4v) is 2.18. The number of nitrogens with zero attached hydrogens (tertiary/aromatic N) is 1. The zero-order valence-electron chi connectivity index (χ0n) is 6.90. The van der Waals surface area contributed by atoms with E-state index in [1.165, 1.54) is 11.3 Å². The summed E-state index contributed by atoms with van der Waals surface area (Å²) in [6, 6.07) is 0. The number of hydrogen-bond acceptors (Lipinski definition) is 4. The molecule has 0 aliphatic carbocycles. The van der Waals surface area contributed by atoms with Gasteiger partial charge in [-0.2, -0.15) is 0 Å². The molecular weight excluding hydrogens is 190 g/mol. The van der Waals surface area contributed by atoms with Gasteiger partial charge in [0.2, 0.25) is 5.01 Å². The number of aromatic carboxylic acids is 1. The Kier molecular flexibility index (Phi) is 2.28. The SMILES string of the molecule is O=C(O)c1ncc(C2CCCO2)s1. The molecule has 0 spiro atoms. The molecule has 1 aromatic heterocycles. The lowest BCUT2D eigenvalue weighted by Crippen LogP contribution is -1.93. The molecule has 1 aliphatic rings. The Morgan fingerprint density at radius 1 is 1.77 bits per heavy atom.